The Morgan fingerprint density at radius 2 is 1.52 bits per heavy atom. The lowest BCUT2D eigenvalue weighted by Gasteiger charge is -2.60. The number of hydrogen-bond acceptors (Lipinski definition) is 1. The minimum atomic E-state index is 0.167. The molecule has 0 aromatic heterocycles. The molecular weight excluding hydrogens is 304 g/mol. The van der Waals surface area contributed by atoms with Gasteiger partial charge in [0.05, 0.1) is 0 Å². The van der Waals surface area contributed by atoms with E-state index in [1.54, 1.807) is 51.4 Å². The number of carbonyl (C=O) groups excluding carboxylic acids is 1. The molecule has 4 saturated carbocycles. The normalized spacial score (nSPS) is 48.4. The number of rotatable bonds is 1. The Morgan fingerprint density at radius 1 is 0.840 bits per heavy atom. The van der Waals surface area contributed by atoms with Crippen LogP contribution < -0.4 is 0 Å². The standard InChI is InChI=1S/C21H36.C3H6O/c1-4-15-9-11-18-17-10-8-16-7-5-6-13-20(16,2)19(17)12-14-21(15,18)3;1-3(2)4/h15-19H,4-14H2,1-3H3;1-2H3/t15-,16-,17-,18-,19-,20-,21+;/m0./s1. The van der Waals surface area contributed by atoms with Gasteiger partial charge < -0.3 is 4.79 Å². The van der Waals surface area contributed by atoms with E-state index in [-0.39, 0.29) is 5.78 Å². The zero-order valence-corrected chi connectivity index (χ0v) is 17.6. The Balaban J connectivity index is 0.000000415. The third-order valence-electron chi connectivity index (χ3n) is 9.27. The molecule has 0 spiro atoms. The lowest BCUT2D eigenvalue weighted by atomic mass is 9.45. The second-order valence-corrected chi connectivity index (χ2v) is 10.5. The van der Waals surface area contributed by atoms with Gasteiger partial charge in [0.15, 0.2) is 0 Å². The Morgan fingerprint density at radius 3 is 2.20 bits per heavy atom. The van der Waals surface area contributed by atoms with E-state index in [0.717, 1.165) is 35.0 Å². The van der Waals surface area contributed by atoms with Crippen molar-refractivity contribution in [3.05, 3.63) is 0 Å². The van der Waals surface area contributed by atoms with Crippen molar-refractivity contribution in [2.24, 2.45) is 40.4 Å². The molecule has 4 aliphatic carbocycles. The maximum atomic E-state index is 9.44. The average Bonchev–Trinajstić information content (AvgIpc) is 2.90. The molecule has 0 amide bonds. The average molecular weight is 347 g/mol. The van der Waals surface area contributed by atoms with E-state index in [4.69, 9.17) is 0 Å². The van der Waals surface area contributed by atoms with E-state index in [1.165, 1.54) is 33.1 Å². The van der Waals surface area contributed by atoms with Gasteiger partial charge in [0.25, 0.3) is 0 Å². The number of ketones is 1. The van der Waals surface area contributed by atoms with Gasteiger partial charge in [-0.1, -0.05) is 40.0 Å². The highest BCUT2D eigenvalue weighted by Gasteiger charge is 2.59. The third kappa shape index (κ3) is 3.34. The van der Waals surface area contributed by atoms with E-state index >= 15 is 0 Å². The second-order valence-electron chi connectivity index (χ2n) is 10.5. The summed E-state index contributed by atoms with van der Waals surface area (Å²) in [4.78, 5) is 9.44. The van der Waals surface area contributed by atoms with E-state index < -0.39 is 0 Å². The van der Waals surface area contributed by atoms with Crippen molar-refractivity contribution in [3.8, 4) is 0 Å². The first-order valence-corrected chi connectivity index (χ1v) is 11.3. The molecule has 0 aliphatic heterocycles. The second kappa shape index (κ2) is 7.35. The molecule has 0 heterocycles. The van der Waals surface area contributed by atoms with E-state index in [2.05, 4.69) is 20.8 Å². The summed E-state index contributed by atoms with van der Waals surface area (Å²) in [6, 6.07) is 0. The van der Waals surface area contributed by atoms with Gasteiger partial charge in [0, 0.05) is 0 Å². The SMILES string of the molecule is CC(C)=O.CC[C@H]1CC[C@H]2[C@@H]3CC[C@@H]4CCCC[C@]4(C)[C@H]3CC[C@]12C. The molecule has 7 atom stereocenters. The Labute approximate surface area is 156 Å². The van der Waals surface area contributed by atoms with Crippen LogP contribution in [-0.2, 0) is 4.79 Å². The summed E-state index contributed by atoms with van der Waals surface area (Å²) in [5, 5.41) is 0. The van der Waals surface area contributed by atoms with E-state index in [1.807, 2.05) is 0 Å². The summed E-state index contributed by atoms with van der Waals surface area (Å²) in [5.41, 5.74) is 1.45. The van der Waals surface area contributed by atoms with Crippen molar-refractivity contribution < 1.29 is 4.79 Å². The fourth-order valence-corrected chi connectivity index (χ4v) is 8.07. The van der Waals surface area contributed by atoms with Gasteiger partial charge in [-0.2, -0.15) is 0 Å². The highest BCUT2D eigenvalue weighted by molar-refractivity contribution is 5.72. The van der Waals surface area contributed by atoms with Crippen molar-refractivity contribution in [2.75, 3.05) is 0 Å². The van der Waals surface area contributed by atoms with Crippen LogP contribution in [0, 0.1) is 40.4 Å². The zero-order chi connectivity index (χ0) is 18.2. The molecule has 4 aliphatic rings. The molecule has 0 radical (unpaired) electrons. The lowest BCUT2D eigenvalue weighted by molar-refractivity contribution is -0.115. The Hall–Kier alpha value is -0.330. The van der Waals surface area contributed by atoms with Crippen molar-refractivity contribution in [3.63, 3.8) is 0 Å². The first-order valence-electron chi connectivity index (χ1n) is 11.3. The summed E-state index contributed by atoms with van der Waals surface area (Å²) in [5.74, 6) is 5.56. The summed E-state index contributed by atoms with van der Waals surface area (Å²) in [6.45, 7) is 10.9. The highest BCUT2D eigenvalue weighted by atomic mass is 16.1. The van der Waals surface area contributed by atoms with Crippen LogP contribution in [-0.4, -0.2) is 5.78 Å². The zero-order valence-electron chi connectivity index (χ0n) is 17.6. The van der Waals surface area contributed by atoms with Gasteiger partial charge in [-0.05, 0) is 106 Å². The van der Waals surface area contributed by atoms with Crippen LogP contribution in [0.1, 0.15) is 105 Å². The minimum Gasteiger partial charge on any atom is -0.300 e. The Kier molecular flexibility index (Phi) is 5.72. The quantitative estimate of drug-likeness (QED) is 0.497. The summed E-state index contributed by atoms with van der Waals surface area (Å²) in [6.07, 6.45) is 17.0. The van der Waals surface area contributed by atoms with Gasteiger partial charge in [-0.15, -0.1) is 0 Å². The molecule has 144 valence electrons. The summed E-state index contributed by atoms with van der Waals surface area (Å²) >= 11 is 0. The van der Waals surface area contributed by atoms with Crippen LogP contribution in [0.2, 0.25) is 0 Å². The molecule has 4 fully saturated rings. The van der Waals surface area contributed by atoms with Crippen LogP contribution >= 0.6 is 0 Å². The monoisotopic (exact) mass is 346 g/mol. The summed E-state index contributed by atoms with van der Waals surface area (Å²) < 4.78 is 0. The molecule has 0 N–H and O–H groups in total. The van der Waals surface area contributed by atoms with Gasteiger partial charge in [0.1, 0.15) is 5.78 Å². The highest BCUT2D eigenvalue weighted by Crippen LogP contribution is 2.67. The fraction of sp³-hybridized carbons (Fsp3) is 0.958. The molecule has 25 heavy (non-hydrogen) atoms. The maximum Gasteiger partial charge on any atom is 0.126 e. The molecular formula is C24H42O. The Bertz CT molecular complexity index is 478. The molecule has 4 rings (SSSR count). The lowest BCUT2D eigenvalue weighted by Crippen LogP contribution is -2.52. The van der Waals surface area contributed by atoms with Crippen LogP contribution in [0.3, 0.4) is 0 Å². The van der Waals surface area contributed by atoms with Crippen LogP contribution in [0.4, 0.5) is 0 Å². The predicted molar refractivity (Wildman–Crippen MR) is 106 cm³/mol. The number of Topliss-reactive ketones (excluding diaryl/α,β-unsaturated/α-hetero) is 1. The maximum absolute atomic E-state index is 9.44. The van der Waals surface area contributed by atoms with Gasteiger partial charge in [-0.3, -0.25) is 0 Å². The molecule has 0 aromatic rings. The third-order valence-corrected chi connectivity index (χ3v) is 9.27. The van der Waals surface area contributed by atoms with Crippen molar-refractivity contribution >= 4 is 5.78 Å². The fourth-order valence-electron chi connectivity index (χ4n) is 8.07. The van der Waals surface area contributed by atoms with Gasteiger partial charge in [-0.25, -0.2) is 0 Å². The van der Waals surface area contributed by atoms with Crippen LogP contribution in [0.25, 0.3) is 0 Å². The number of hydrogen-bond donors (Lipinski definition) is 0. The van der Waals surface area contributed by atoms with Gasteiger partial charge in [0.2, 0.25) is 0 Å². The molecule has 0 bridgehead atoms. The molecule has 1 heteroatoms. The predicted octanol–water partition coefficient (Wildman–Crippen LogP) is 7.04. The molecule has 0 aromatic carbocycles. The minimum absolute atomic E-state index is 0.167. The topological polar surface area (TPSA) is 17.1 Å². The molecule has 1 nitrogen and oxygen atoms in total. The number of fused-ring (bicyclic) bond motifs is 5. The van der Waals surface area contributed by atoms with E-state index in [0.29, 0.717) is 5.41 Å². The van der Waals surface area contributed by atoms with Gasteiger partial charge >= 0.3 is 0 Å². The largest absolute Gasteiger partial charge is 0.300 e. The van der Waals surface area contributed by atoms with Crippen molar-refractivity contribution in [1.29, 1.82) is 0 Å². The van der Waals surface area contributed by atoms with Crippen LogP contribution in [0.5, 0.6) is 0 Å². The first kappa shape index (κ1) is 19.4. The molecule has 0 saturated heterocycles. The molecule has 0 unspecified atom stereocenters. The first-order chi connectivity index (χ1) is 11.8. The summed E-state index contributed by atoms with van der Waals surface area (Å²) in [7, 11) is 0. The van der Waals surface area contributed by atoms with Crippen LogP contribution in [0.15, 0.2) is 0 Å². The van der Waals surface area contributed by atoms with Crippen molar-refractivity contribution in [1.82, 2.24) is 0 Å². The number of carbonyl (C=O) groups is 1. The smallest absolute Gasteiger partial charge is 0.126 e. The van der Waals surface area contributed by atoms with Crippen molar-refractivity contribution in [2.45, 2.75) is 105 Å². The van der Waals surface area contributed by atoms with E-state index in [9.17, 15) is 4.79 Å².